The lowest BCUT2D eigenvalue weighted by molar-refractivity contribution is -0.124. The summed E-state index contributed by atoms with van der Waals surface area (Å²) < 4.78 is 2.14. The number of hydrogen-bond donors (Lipinski definition) is 2. The molecule has 0 aliphatic heterocycles. The summed E-state index contributed by atoms with van der Waals surface area (Å²) in [6.45, 7) is 3.07. The van der Waals surface area contributed by atoms with E-state index in [0.29, 0.717) is 12.0 Å². The Morgan fingerprint density at radius 2 is 1.96 bits per heavy atom. The molecule has 1 atom stereocenters. The Labute approximate surface area is 135 Å². The monoisotopic (exact) mass is 314 g/mol. The van der Waals surface area contributed by atoms with Gasteiger partial charge in [-0.05, 0) is 31.9 Å². The fourth-order valence-electron chi connectivity index (χ4n) is 3.25. The molecule has 1 fully saturated rings. The molecule has 0 unspecified atom stereocenters. The zero-order chi connectivity index (χ0) is 16.4. The first-order chi connectivity index (χ1) is 11.1. The van der Waals surface area contributed by atoms with Gasteiger partial charge in [-0.1, -0.05) is 25.0 Å². The summed E-state index contributed by atoms with van der Waals surface area (Å²) in [6, 6.07) is 7.69. The van der Waals surface area contributed by atoms with Crippen LogP contribution in [0.3, 0.4) is 0 Å². The van der Waals surface area contributed by atoms with Crippen molar-refractivity contribution < 1.29 is 9.59 Å². The maximum Gasteiger partial charge on any atom is 0.248 e. The zero-order valence-corrected chi connectivity index (χ0v) is 13.5. The smallest absolute Gasteiger partial charge is 0.248 e. The lowest BCUT2D eigenvalue weighted by Gasteiger charge is -2.18. The molecule has 0 bridgehead atoms. The third-order valence-corrected chi connectivity index (χ3v) is 4.33. The third kappa shape index (κ3) is 3.21. The van der Waals surface area contributed by atoms with Gasteiger partial charge in [0.2, 0.25) is 17.8 Å². The first kappa shape index (κ1) is 15.5. The van der Waals surface area contributed by atoms with Crippen LogP contribution < -0.4 is 10.6 Å². The molecule has 1 saturated carbocycles. The van der Waals surface area contributed by atoms with Gasteiger partial charge in [-0.3, -0.25) is 14.9 Å². The minimum Gasteiger partial charge on any atom is -0.345 e. The van der Waals surface area contributed by atoms with Crippen molar-refractivity contribution in [2.45, 2.75) is 51.6 Å². The molecule has 6 heteroatoms. The van der Waals surface area contributed by atoms with Crippen LogP contribution in [0.1, 0.15) is 45.6 Å². The third-order valence-electron chi connectivity index (χ3n) is 4.33. The second-order valence-corrected chi connectivity index (χ2v) is 6.14. The Balaban J connectivity index is 1.91. The summed E-state index contributed by atoms with van der Waals surface area (Å²) in [5.41, 5.74) is 1.92. The van der Waals surface area contributed by atoms with Crippen molar-refractivity contribution in [1.82, 2.24) is 14.9 Å². The fraction of sp³-hybridized carbons (Fsp3) is 0.471. The maximum atomic E-state index is 12.3. The number of hydrogen-bond acceptors (Lipinski definition) is 3. The molecule has 122 valence electrons. The highest BCUT2D eigenvalue weighted by molar-refractivity contribution is 5.96. The molecule has 6 nitrogen and oxygen atoms in total. The second kappa shape index (κ2) is 6.40. The van der Waals surface area contributed by atoms with Crippen LogP contribution in [0, 0.1) is 0 Å². The molecular weight excluding hydrogens is 292 g/mol. The lowest BCUT2D eigenvalue weighted by Crippen LogP contribution is -2.41. The molecule has 2 aromatic rings. The highest BCUT2D eigenvalue weighted by Gasteiger charge is 2.24. The van der Waals surface area contributed by atoms with Crippen LogP contribution in [0.4, 0.5) is 5.95 Å². The number of aromatic nitrogens is 2. The lowest BCUT2D eigenvalue weighted by atomic mass is 10.2. The van der Waals surface area contributed by atoms with Crippen LogP contribution in [0.2, 0.25) is 0 Å². The van der Waals surface area contributed by atoms with Gasteiger partial charge in [0.15, 0.2) is 0 Å². The number of imidazole rings is 1. The number of amides is 2. The molecule has 3 rings (SSSR count). The van der Waals surface area contributed by atoms with E-state index in [1.54, 1.807) is 6.92 Å². The molecule has 1 aliphatic carbocycles. The standard InChI is InChI=1S/C17H22N4O2/c1-11(18-12(2)22)16(23)20-17-19-14-9-5-6-10-15(14)21(17)13-7-3-4-8-13/h5-6,9-11,13H,3-4,7-8H2,1-2H3,(H,18,22)(H,19,20,23)/t11-/m1/s1. The highest BCUT2D eigenvalue weighted by atomic mass is 16.2. The average Bonchev–Trinajstić information content (AvgIpc) is 3.12. The number of para-hydroxylation sites is 2. The molecular formula is C17H22N4O2. The summed E-state index contributed by atoms with van der Waals surface area (Å²) >= 11 is 0. The minimum atomic E-state index is -0.593. The van der Waals surface area contributed by atoms with Gasteiger partial charge in [0.25, 0.3) is 0 Å². The quantitative estimate of drug-likeness (QED) is 0.911. The number of carbonyl (C=O) groups excluding carboxylic acids is 2. The Bertz CT molecular complexity index is 731. The molecule has 1 aromatic carbocycles. The van der Waals surface area contributed by atoms with Gasteiger partial charge < -0.3 is 9.88 Å². The summed E-state index contributed by atoms with van der Waals surface area (Å²) in [5.74, 6) is 0.0898. The van der Waals surface area contributed by atoms with Crippen molar-refractivity contribution in [3.63, 3.8) is 0 Å². The fourth-order valence-corrected chi connectivity index (χ4v) is 3.25. The number of nitrogens with zero attached hydrogens (tertiary/aromatic N) is 2. The van der Waals surface area contributed by atoms with Gasteiger partial charge in [-0.25, -0.2) is 4.98 Å². The van der Waals surface area contributed by atoms with E-state index in [2.05, 4.69) is 20.2 Å². The summed E-state index contributed by atoms with van der Waals surface area (Å²) in [6.07, 6.45) is 4.61. The Kier molecular flexibility index (Phi) is 4.32. The number of benzene rings is 1. The van der Waals surface area contributed by atoms with Gasteiger partial charge >= 0.3 is 0 Å². The zero-order valence-electron chi connectivity index (χ0n) is 13.5. The summed E-state index contributed by atoms with van der Waals surface area (Å²) in [7, 11) is 0. The molecule has 0 radical (unpaired) electrons. The van der Waals surface area contributed by atoms with Gasteiger partial charge in [0, 0.05) is 13.0 Å². The Morgan fingerprint density at radius 3 is 2.65 bits per heavy atom. The highest BCUT2D eigenvalue weighted by Crippen LogP contribution is 2.35. The predicted octanol–water partition coefficient (Wildman–Crippen LogP) is 2.61. The van der Waals surface area contributed by atoms with Crippen molar-refractivity contribution in [2.75, 3.05) is 5.32 Å². The van der Waals surface area contributed by atoms with Crippen LogP contribution in [-0.4, -0.2) is 27.4 Å². The van der Waals surface area contributed by atoms with Crippen molar-refractivity contribution in [1.29, 1.82) is 0 Å². The molecule has 23 heavy (non-hydrogen) atoms. The van der Waals surface area contributed by atoms with E-state index >= 15 is 0 Å². The Hall–Kier alpha value is -2.37. The number of anilines is 1. The largest absolute Gasteiger partial charge is 0.345 e. The van der Waals surface area contributed by atoms with E-state index in [9.17, 15) is 9.59 Å². The first-order valence-electron chi connectivity index (χ1n) is 8.11. The van der Waals surface area contributed by atoms with E-state index in [1.807, 2.05) is 24.3 Å². The molecule has 1 aromatic heterocycles. The molecule has 0 spiro atoms. The van der Waals surface area contributed by atoms with Gasteiger partial charge in [-0.15, -0.1) is 0 Å². The minimum absolute atomic E-state index is 0.225. The second-order valence-electron chi connectivity index (χ2n) is 6.14. The van der Waals surface area contributed by atoms with Crippen LogP contribution in [0.15, 0.2) is 24.3 Å². The van der Waals surface area contributed by atoms with Gasteiger partial charge in [0.1, 0.15) is 6.04 Å². The van der Waals surface area contributed by atoms with Crippen LogP contribution in [0.5, 0.6) is 0 Å². The van der Waals surface area contributed by atoms with Crippen molar-refractivity contribution >= 4 is 28.8 Å². The topological polar surface area (TPSA) is 76.0 Å². The number of fused-ring (bicyclic) bond motifs is 1. The van der Waals surface area contributed by atoms with E-state index in [1.165, 1.54) is 19.8 Å². The molecule has 1 aliphatic rings. The van der Waals surface area contributed by atoms with Gasteiger partial charge in [-0.2, -0.15) is 0 Å². The van der Waals surface area contributed by atoms with Gasteiger partial charge in [0.05, 0.1) is 11.0 Å². The van der Waals surface area contributed by atoms with Crippen LogP contribution in [-0.2, 0) is 9.59 Å². The van der Waals surface area contributed by atoms with E-state index in [0.717, 1.165) is 23.9 Å². The summed E-state index contributed by atoms with van der Waals surface area (Å²) in [4.78, 5) is 28.0. The average molecular weight is 314 g/mol. The number of nitrogens with one attached hydrogen (secondary N) is 2. The predicted molar refractivity (Wildman–Crippen MR) is 89.1 cm³/mol. The van der Waals surface area contributed by atoms with E-state index < -0.39 is 6.04 Å². The maximum absolute atomic E-state index is 12.3. The van der Waals surface area contributed by atoms with E-state index in [4.69, 9.17) is 0 Å². The normalized spacial score (nSPS) is 16.4. The van der Waals surface area contributed by atoms with E-state index in [-0.39, 0.29) is 11.8 Å². The van der Waals surface area contributed by atoms with Crippen molar-refractivity contribution in [3.8, 4) is 0 Å². The van der Waals surface area contributed by atoms with Crippen molar-refractivity contribution in [3.05, 3.63) is 24.3 Å². The van der Waals surface area contributed by atoms with Crippen molar-refractivity contribution in [2.24, 2.45) is 0 Å². The summed E-state index contributed by atoms with van der Waals surface area (Å²) in [5, 5.41) is 5.48. The molecule has 0 saturated heterocycles. The molecule has 1 heterocycles. The SMILES string of the molecule is CC(=O)N[C@H](C)C(=O)Nc1nc2ccccc2n1C1CCCC1. The number of rotatable bonds is 4. The molecule has 2 amide bonds. The first-order valence-corrected chi connectivity index (χ1v) is 8.11. The van der Waals surface area contributed by atoms with Crippen LogP contribution in [0.25, 0.3) is 11.0 Å². The van der Waals surface area contributed by atoms with Crippen LogP contribution >= 0.6 is 0 Å². The Morgan fingerprint density at radius 1 is 1.26 bits per heavy atom. The number of carbonyl (C=O) groups is 2. The molecule has 2 N–H and O–H groups in total.